The minimum absolute atomic E-state index is 0.164. The molecule has 5 heteroatoms. The molecule has 1 aromatic heterocycles. The Balaban J connectivity index is 2.03. The van der Waals surface area contributed by atoms with Gasteiger partial charge in [0.2, 0.25) is 11.9 Å². The lowest BCUT2D eigenvalue weighted by molar-refractivity contribution is -0.115. The normalized spacial score (nSPS) is 10.1. The third-order valence-corrected chi connectivity index (χ3v) is 2.48. The van der Waals surface area contributed by atoms with Gasteiger partial charge in [-0.2, -0.15) is 0 Å². The molecule has 92 valence electrons. The SMILES string of the molecule is Cc1cc(Cl)nc(NC(=O)Cc2ccccc2)n1. The molecule has 0 aliphatic carbocycles. The first-order chi connectivity index (χ1) is 8.63. The Morgan fingerprint density at radius 1 is 1.28 bits per heavy atom. The zero-order chi connectivity index (χ0) is 13.0. The number of carbonyl (C=O) groups excluding carboxylic acids is 1. The number of halogens is 1. The molecule has 0 bridgehead atoms. The molecule has 0 atom stereocenters. The molecule has 18 heavy (non-hydrogen) atoms. The highest BCUT2D eigenvalue weighted by atomic mass is 35.5. The molecule has 0 aliphatic heterocycles. The highest BCUT2D eigenvalue weighted by molar-refractivity contribution is 6.29. The molecule has 0 unspecified atom stereocenters. The van der Waals surface area contributed by atoms with Crippen LogP contribution in [0.5, 0.6) is 0 Å². The first kappa shape index (κ1) is 12.5. The summed E-state index contributed by atoms with van der Waals surface area (Å²) in [5.74, 6) is 0.0730. The van der Waals surface area contributed by atoms with Crippen molar-refractivity contribution >= 4 is 23.5 Å². The zero-order valence-electron chi connectivity index (χ0n) is 9.85. The number of rotatable bonds is 3. The Morgan fingerprint density at radius 2 is 2.00 bits per heavy atom. The summed E-state index contributed by atoms with van der Waals surface area (Å²) < 4.78 is 0. The van der Waals surface area contributed by atoms with Crippen molar-refractivity contribution in [2.75, 3.05) is 5.32 Å². The van der Waals surface area contributed by atoms with Crippen molar-refractivity contribution in [3.05, 3.63) is 52.8 Å². The first-order valence-corrected chi connectivity index (χ1v) is 5.86. The second-order valence-electron chi connectivity index (χ2n) is 3.87. The third-order valence-electron chi connectivity index (χ3n) is 2.28. The molecule has 0 fully saturated rings. The standard InChI is InChI=1S/C13H12ClN3O/c1-9-7-11(14)16-13(15-9)17-12(18)8-10-5-3-2-4-6-10/h2-7H,8H2,1H3,(H,15,16,17,18). The molecular formula is C13H12ClN3O. The Labute approximate surface area is 110 Å². The second kappa shape index (κ2) is 5.60. The number of aromatic nitrogens is 2. The van der Waals surface area contributed by atoms with Crippen LogP contribution in [0.3, 0.4) is 0 Å². The Bertz CT molecular complexity index is 537. The molecule has 2 aromatic rings. The van der Waals surface area contributed by atoms with E-state index in [9.17, 15) is 4.79 Å². The summed E-state index contributed by atoms with van der Waals surface area (Å²) in [4.78, 5) is 19.8. The summed E-state index contributed by atoms with van der Waals surface area (Å²) >= 11 is 5.79. The first-order valence-electron chi connectivity index (χ1n) is 5.48. The van der Waals surface area contributed by atoms with E-state index in [2.05, 4.69) is 15.3 Å². The number of hydrogen-bond acceptors (Lipinski definition) is 3. The fourth-order valence-corrected chi connectivity index (χ4v) is 1.77. The lowest BCUT2D eigenvalue weighted by atomic mass is 10.1. The van der Waals surface area contributed by atoms with Gasteiger partial charge in [-0.05, 0) is 18.6 Å². The summed E-state index contributed by atoms with van der Waals surface area (Å²) in [7, 11) is 0. The molecule has 0 saturated carbocycles. The van der Waals surface area contributed by atoms with Crippen LogP contribution >= 0.6 is 11.6 Å². The van der Waals surface area contributed by atoms with Gasteiger partial charge >= 0.3 is 0 Å². The lowest BCUT2D eigenvalue weighted by Crippen LogP contribution is -2.16. The van der Waals surface area contributed by atoms with Gasteiger partial charge in [0.25, 0.3) is 0 Å². The summed E-state index contributed by atoms with van der Waals surface area (Å²) in [5.41, 5.74) is 1.65. The molecule has 1 aromatic carbocycles. The van der Waals surface area contributed by atoms with Crippen LogP contribution in [-0.2, 0) is 11.2 Å². The molecule has 0 aliphatic rings. The van der Waals surface area contributed by atoms with Crippen molar-refractivity contribution in [3.63, 3.8) is 0 Å². The van der Waals surface area contributed by atoms with Crippen molar-refractivity contribution in [1.82, 2.24) is 9.97 Å². The molecule has 1 heterocycles. The molecule has 1 amide bonds. The van der Waals surface area contributed by atoms with Gasteiger partial charge in [-0.1, -0.05) is 41.9 Å². The monoisotopic (exact) mass is 261 g/mol. The van der Waals surface area contributed by atoms with E-state index in [0.29, 0.717) is 10.8 Å². The summed E-state index contributed by atoms with van der Waals surface area (Å²) in [6.45, 7) is 1.79. The number of carbonyl (C=O) groups is 1. The van der Waals surface area contributed by atoms with Crippen molar-refractivity contribution in [2.24, 2.45) is 0 Å². The highest BCUT2D eigenvalue weighted by Gasteiger charge is 2.07. The predicted octanol–water partition coefficient (Wildman–Crippen LogP) is 2.62. The van der Waals surface area contributed by atoms with Crippen LogP contribution < -0.4 is 5.32 Å². The van der Waals surface area contributed by atoms with Crippen LogP contribution in [0.2, 0.25) is 5.15 Å². The zero-order valence-corrected chi connectivity index (χ0v) is 10.6. The molecule has 2 rings (SSSR count). The maximum Gasteiger partial charge on any atom is 0.231 e. The maximum absolute atomic E-state index is 11.8. The van der Waals surface area contributed by atoms with Crippen LogP contribution in [0.1, 0.15) is 11.3 Å². The fourth-order valence-electron chi connectivity index (χ4n) is 1.54. The van der Waals surface area contributed by atoms with Gasteiger partial charge < -0.3 is 0 Å². The largest absolute Gasteiger partial charge is 0.294 e. The number of anilines is 1. The van der Waals surface area contributed by atoms with E-state index in [1.54, 1.807) is 13.0 Å². The Hall–Kier alpha value is -1.94. The number of hydrogen-bond donors (Lipinski definition) is 1. The number of benzene rings is 1. The van der Waals surface area contributed by atoms with Crippen LogP contribution in [0, 0.1) is 6.92 Å². The van der Waals surface area contributed by atoms with Gasteiger partial charge in [0.1, 0.15) is 5.15 Å². The van der Waals surface area contributed by atoms with E-state index in [-0.39, 0.29) is 18.3 Å². The van der Waals surface area contributed by atoms with Gasteiger partial charge in [-0.15, -0.1) is 0 Å². The van der Waals surface area contributed by atoms with E-state index < -0.39 is 0 Å². The average Bonchev–Trinajstić information content (AvgIpc) is 2.28. The van der Waals surface area contributed by atoms with E-state index in [0.717, 1.165) is 5.56 Å². The maximum atomic E-state index is 11.8. The second-order valence-corrected chi connectivity index (χ2v) is 4.25. The van der Waals surface area contributed by atoms with Gasteiger partial charge in [0.05, 0.1) is 6.42 Å². The van der Waals surface area contributed by atoms with Crippen molar-refractivity contribution < 1.29 is 4.79 Å². The number of aryl methyl sites for hydroxylation is 1. The Morgan fingerprint density at radius 3 is 2.67 bits per heavy atom. The number of amides is 1. The molecule has 0 spiro atoms. The van der Waals surface area contributed by atoms with Crippen LogP contribution in [0.25, 0.3) is 0 Å². The summed E-state index contributed by atoms with van der Waals surface area (Å²) in [5, 5.41) is 2.94. The molecule has 0 saturated heterocycles. The Kier molecular flexibility index (Phi) is 3.89. The van der Waals surface area contributed by atoms with Crippen molar-refractivity contribution in [3.8, 4) is 0 Å². The topological polar surface area (TPSA) is 54.9 Å². The van der Waals surface area contributed by atoms with E-state index in [1.165, 1.54) is 0 Å². The van der Waals surface area contributed by atoms with Gasteiger partial charge in [0.15, 0.2) is 0 Å². The lowest BCUT2D eigenvalue weighted by Gasteiger charge is -2.04. The van der Waals surface area contributed by atoms with E-state index in [4.69, 9.17) is 11.6 Å². The minimum Gasteiger partial charge on any atom is -0.294 e. The van der Waals surface area contributed by atoms with Crippen molar-refractivity contribution in [2.45, 2.75) is 13.3 Å². The third kappa shape index (κ3) is 3.53. The van der Waals surface area contributed by atoms with E-state index >= 15 is 0 Å². The molecule has 0 radical (unpaired) electrons. The van der Waals surface area contributed by atoms with Crippen LogP contribution in [0.15, 0.2) is 36.4 Å². The average molecular weight is 262 g/mol. The molecular weight excluding hydrogens is 250 g/mol. The smallest absolute Gasteiger partial charge is 0.231 e. The summed E-state index contributed by atoms with van der Waals surface area (Å²) in [6.07, 6.45) is 0.287. The van der Waals surface area contributed by atoms with Gasteiger partial charge in [-0.3, -0.25) is 10.1 Å². The molecule has 1 N–H and O–H groups in total. The minimum atomic E-state index is -0.164. The predicted molar refractivity (Wildman–Crippen MR) is 70.6 cm³/mol. The van der Waals surface area contributed by atoms with Gasteiger partial charge in [0, 0.05) is 5.69 Å². The molecule has 4 nitrogen and oxygen atoms in total. The van der Waals surface area contributed by atoms with Crippen LogP contribution in [-0.4, -0.2) is 15.9 Å². The highest BCUT2D eigenvalue weighted by Crippen LogP contribution is 2.10. The fraction of sp³-hybridized carbons (Fsp3) is 0.154. The van der Waals surface area contributed by atoms with Crippen molar-refractivity contribution in [1.29, 1.82) is 0 Å². The number of nitrogens with zero attached hydrogens (tertiary/aromatic N) is 2. The van der Waals surface area contributed by atoms with Gasteiger partial charge in [-0.25, -0.2) is 9.97 Å². The van der Waals surface area contributed by atoms with Crippen LogP contribution in [0.4, 0.5) is 5.95 Å². The van der Waals surface area contributed by atoms with E-state index in [1.807, 2.05) is 30.3 Å². The quantitative estimate of drug-likeness (QED) is 0.864. The summed E-state index contributed by atoms with van der Waals surface area (Å²) in [6, 6.07) is 11.1. The number of nitrogens with one attached hydrogen (secondary N) is 1.